The van der Waals surface area contributed by atoms with Gasteiger partial charge in [-0.25, -0.2) is 8.78 Å². The number of unbranched alkanes of at least 4 members (excludes halogenated alkanes) is 1. The second-order valence-electron chi connectivity index (χ2n) is 5.82. The molecule has 23 heavy (non-hydrogen) atoms. The van der Waals surface area contributed by atoms with Gasteiger partial charge in [-0.2, -0.15) is 0 Å². The molecule has 0 aliphatic rings. The van der Waals surface area contributed by atoms with E-state index in [1.54, 1.807) is 0 Å². The van der Waals surface area contributed by atoms with Crippen LogP contribution in [-0.2, 0) is 6.54 Å². The number of hydrogen-bond acceptors (Lipinski definition) is 2. The van der Waals surface area contributed by atoms with Gasteiger partial charge in [0.2, 0.25) is 0 Å². The number of carbonyl (C=O) groups is 1. The van der Waals surface area contributed by atoms with Crippen LogP contribution < -0.4 is 10.9 Å². The molecule has 0 bridgehead atoms. The highest BCUT2D eigenvalue weighted by atomic mass is 19.2. The molecule has 1 heterocycles. The van der Waals surface area contributed by atoms with E-state index in [4.69, 9.17) is 0 Å². The molecule has 0 unspecified atom stereocenters. The SMILES string of the molecule is CCCCn1c(C(=O)NC(C)C)cc2cc(F)c(F)cc2c1=O. The Morgan fingerprint density at radius 1 is 1.22 bits per heavy atom. The van der Waals surface area contributed by atoms with Gasteiger partial charge in [0.1, 0.15) is 5.69 Å². The molecule has 2 rings (SSSR count). The summed E-state index contributed by atoms with van der Waals surface area (Å²) in [5.41, 5.74) is -0.320. The Labute approximate surface area is 133 Å². The fourth-order valence-corrected chi connectivity index (χ4v) is 2.41. The average Bonchev–Trinajstić information content (AvgIpc) is 2.47. The molecule has 0 atom stereocenters. The van der Waals surface area contributed by atoms with E-state index in [1.165, 1.54) is 10.6 Å². The van der Waals surface area contributed by atoms with Gasteiger partial charge < -0.3 is 9.88 Å². The summed E-state index contributed by atoms with van der Waals surface area (Å²) in [6, 6.07) is 3.17. The van der Waals surface area contributed by atoms with E-state index in [9.17, 15) is 18.4 Å². The number of pyridine rings is 1. The van der Waals surface area contributed by atoms with Crippen LogP contribution in [0, 0.1) is 11.6 Å². The van der Waals surface area contributed by atoms with Crippen molar-refractivity contribution in [3.8, 4) is 0 Å². The summed E-state index contributed by atoms with van der Waals surface area (Å²) in [5, 5.41) is 3.02. The third-order valence-electron chi connectivity index (χ3n) is 3.54. The van der Waals surface area contributed by atoms with E-state index >= 15 is 0 Å². The predicted octanol–water partition coefficient (Wildman–Crippen LogP) is 3.22. The third-order valence-corrected chi connectivity index (χ3v) is 3.54. The lowest BCUT2D eigenvalue weighted by Gasteiger charge is -2.15. The standard InChI is InChI=1S/C17H20F2N2O2/c1-4-5-6-21-15(16(22)20-10(2)3)8-11-7-13(18)14(19)9-12(11)17(21)23/h7-10H,4-6H2,1-3H3,(H,20,22). The van der Waals surface area contributed by atoms with Gasteiger partial charge in [-0.1, -0.05) is 13.3 Å². The molecule has 4 nitrogen and oxygen atoms in total. The molecule has 1 N–H and O–H groups in total. The minimum Gasteiger partial charge on any atom is -0.349 e. The molecule has 0 aliphatic carbocycles. The Hall–Kier alpha value is -2.24. The topological polar surface area (TPSA) is 51.1 Å². The lowest BCUT2D eigenvalue weighted by atomic mass is 10.1. The second kappa shape index (κ2) is 6.89. The van der Waals surface area contributed by atoms with Crippen molar-refractivity contribution in [1.82, 2.24) is 9.88 Å². The zero-order valence-electron chi connectivity index (χ0n) is 13.5. The number of halogens is 2. The molecule has 1 aromatic heterocycles. The number of rotatable bonds is 5. The van der Waals surface area contributed by atoms with E-state index in [2.05, 4.69) is 5.32 Å². The molecular formula is C17H20F2N2O2. The Morgan fingerprint density at radius 2 is 1.87 bits per heavy atom. The quantitative estimate of drug-likeness (QED) is 0.919. The molecule has 1 amide bonds. The zero-order valence-corrected chi connectivity index (χ0v) is 13.5. The maximum Gasteiger partial charge on any atom is 0.268 e. The lowest BCUT2D eigenvalue weighted by molar-refractivity contribution is 0.0932. The highest BCUT2D eigenvalue weighted by Crippen LogP contribution is 2.17. The number of fused-ring (bicyclic) bond motifs is 1. The lowest BCUT2D eigenvalue weighted by Crippen LogP contribution is -2.35. The number of carbonyl (C=O) groups excluding carboxylic acids is 1. The first-order chi connectivity index (χ1) is 10.8. The van der Waals surface area contributed by atoms with Crippen LogP contribution in [0.2, 0.25) is 0 Å². The molecule has 124 valence electrons. The van der Waals surface area contributed by atoms with Crippen LogP contribution in [0.3, 0.4) is 0 Å². The first kappa shape index (κ1) is 17.1. The summed E-state index contributed by atoms with van der Waals surface area (Å²) in [7, 11) is 0. The summed E-state index contributed by atoms with van der Waals surface area (Å²) < 4.78 is 28.2. The first-order valence-electron chi connectivity index (χ1n) is 7.68. The molecule has 1 aromatic carbocycles. The number of benzene rings is 1. The van der Waals surface area contributed by atoms with Crippen LogP contribution in [0.5, 0.6) is 0 Å². The van der Waals surface area contributed by atoms with Gasteiger partial charge in [0.25, 0.3) is 11.5 Å². The molecule has 6 heteroatoms. The van der Waals surface area contributed by atoms with Crippen molar-refractivity contribution >= 4 is 16.7 Å². The van der Waals surface area contributed by atoms with Crippen LogP contribution in [0.1, 0.15) is 44.1 Å². The van der Waals surface area contributed by atoms with Crippen molar-refractivity contribution < 1.29 is 13.6 Å². The second-order valence-corrected chi connectivity index (χ2v) is 5.82. The summed E-state index contributed by atoms with van der Waals surface area (Å²) in [6.07, 6.45) is 1.55. The average molecular weight is 322 g/mol. The van der Waals surface area contributed by atoms with Gasteiger partial charge in [-0.3, -0.25) is 9.59 Å². The smallest absolute Gasteiger partial charge is 0.268 e. The fourth-order valence-electron chi connectivity index (χ4n) is 2.41. The summed E-state index contributed by atoms with van der Waals surface area (Å²) >= 11 is 0. The van der Waals surface area contributed by atoms with Gasteiger partial charge >= 0.3 is 0 Å². The molecular weight excluding hydrogens is 302 g/mol. The highest BCUT2D eigenvalue weighted by Gasteiger charge is 2.17. The van der Waals surface area contributed by atoms with Crippen LogP contribution >= 0.6 is 0 Å². The summed E-state index contributed by atoms with van der Waals surface area (Å²) in [4.78, 5) is 25.0. The largest absolute Gasteiger partial charge is 0.349 e. The Bertz CT molecular complexity index is 797. The van der Waals surface area contributed by atoms with Gasteiger partial charge in [-0.05, 0) is 43.9 Å². The molecule has 0 fully saturated rings. The number of amides is 1. The van der Waals surface area contributed by atoms with Crippen molar-refractivity contribution in [2.75, 3.05) is 0 Å². The molecule has 0 spiro atoms. The fraction of sp³-hybridized carbons (Fsp3) is 0.412. The van der Waals surface area contributed by atoms with Gasteiger partial charge in [-0.15, -0.1) is 0 Å². The van der Waals surface area contributed by atoms with Crippen LogP contribution in [0.25, 0.3) is 10.8 Å². The van der Waals surface area contributed by atoms with Gasteiger partial charge in [0.15, 0.2) is 11.6 Å². The van der Waals surface area contributed by atoms with Crippen molar-refractivity contribution in [3.05, 3.63) is 45.9 Å². The van der Waals surface area contributed by atoms with Crippen molar-refractivity contribution in [3.63, 3.8) is 0 Å². The van der Waals surface area contributed by atoms with E-state index in [0.29, 0.717) is 13.0 Å². The van der Waals surface area contributed by atoms with E-state index in [0.717, 1.165) is 18.6 Å². The van der Waals surface area contributed by atoms with Crippen LogP contribution in [0.4, 0.5) is 8.78 Å². The van der Waals surface area contributed by atoms with Crippen molar-refractivity contribution in [1.29, 1.82) is 0 Å². The zero-order chi connectivity index (χ0) is 17.1. The van der Waals surface area contributed by atoms with Crippen LogP contribution in [0.15, 0.2) is 23.0 Å². The molecule has 2 aromatic rings. The molecule has 0 radical (unpaired) electrons. The normalized spacial score (nSPS) is 11.2. The number of nitrogens with one attached hydrogen (secondary N) is 1. The summed E-state index contributed by atoms with van der Waals surface area (Å²) in [6.45, 7) is 5.94. The molecule has 0 saturated heterocycles. The van der Waals surface area contributed by atoms with E-state index < -0.39 is 23.1 Å². The van der Waals surface area contributed by atoms with Crippen LogP contribution in [-0.4, -0.2) is 16.5 Å². The maximum absolute atomic E-state index is 13.4. The monoisotopic (exact) mass is 322 g/mol. The predicted molar refractivity (Wildman–Crippen MR) is 85.6 cm³/mol. The number of hydrogen-bond donors (Lipinski definition) is 1. The van der Waals surface area contributed by atoms with Crippen molar-refractivity contribution in [2.45, 2.75) is 46.2 Å². The highest BCUT2D eigenvalue weighted by molar-refractivity contribution is 5.96. The number of nitrogens with zero attached hydrogens (tertiary/aromatic N) is 1. The van der Waals surface area contributed by atoms with Crippen molar-refractivity contribution in [2.24, 2.45) is 0 Å². The molecule has 0 saturated carbocycles. The third kappa shape index (κ3) is 3.57. The number of aromatic nitrogens is 1. The minimum absolute atomic E-state index is 0.0705. The Morgan fingerprint density at radius 3 is 2.48 bits per heavy atom. The summed E-state index contributed by atoms with van der Waals surface area (Å²) in [5.74, 6) is -2.52. The van der Waals surface area contributed by atoms with Gasteiger partial charge in [0.05, 0.1) is 5.39 Å². The Kier molecular flexibility index (Phi) is 5.13. The first-order valence-corrected chi connectivity index (χ1v) is 7.68. The minimum atomic E-state index is -1.07. The van der Waals surface area contributed by atoms with E-state index in [-0.39, 0.29) is 22.5 Å². The maximum atomic E-state index is 13.4. The van der Waals surface area contributed by atoms with Gasteiger partial charge in [0, 0.05) is 12.6 Å². The molecule has 0 aliphatic heterocycles. The Balaban J connectivity index is 2.69. The van der Waals surface area contributed by atoms with E-state index in [1.807, 2.05) is 20.8 Å².